The van der Waals surface area contributed by atoms with Gasteiger partial charge in [-0.2, -0.15) is 4.31 Å². The molecule has 0 aromatic heterocycles. The van der Waals surface area contributed by atoms with Gasteiger partial charge in [-0.3, -0.25) is 4.79 Å². The molecule has 2 aliphatic carbocycles. The van der Waals surface area contributed by atoms with E-state index < -0.39 is 31.3 Å². The van der Waals surface area contributed by atoms with Gasteiger partial charge >= 0.3 is 0 Å². The van der Waals surface area contributed by atoms with Crippen LogP contribution < -0.4 is 0 Å². The smallest absolute Gasteiger partial charge is 0.215 e. The molecular formula is C20H29NO5S2. The van der Waals surface area contributed by atoms with Crippen LogP contribution in [0.2, 0.25) is 0 Å². The number of benzene rings is 1. The number of carbonyl (C=O) groups is 1. The summed E-state index contributed by atoms with van der Waals surface area (Å²) in [6.45, 7) is 5.82. The highest BCUT2D eigenvalue weighted by Gasteiger charge is 2.65. The predicted octanol–water partition coefficient (Wildman–Crippen LogP) is 2.81. The molecular weight excluding hydrogens is 398 g/mol. The topological polar surface area (TPSA) is 88.6 Å². The summed E-state index contributed by atoms with van der Waals surface area (Å²) in [4.78, 5) is 12.9. The lowest BCUT2D eigenvalue weighted by Gasteiger charge is -2.38. The number of hydrogen-bond acceptors (Lipinski definition) is 5. The van der Waals surface area contributed by atoms with Crippen molar-refractivity contribution in [2.45, 2.75) is 51.0 Å². The Labute approximate surface area is 168 Å². The van der Waals surface area contributed by atoms with Gasteiger partial charge in [0, 0.05) is 31.2 Å². The lowest BCUT2D eigenvalue weighted by atomic mass is 9.70. The van der Waals surface area contributed by atoms with Crippen molar-refractivity contribution in [2.24, 2.45) is 16.7 Å². The molecule has 1 aromatic rings. The molecule has 156 valence electrons. The first-order valence-electron chi connectivity index (χ1n) is 9.51. The second-order valence-corrected chi connectivity index (χ2v) is 13.0. The van der Waals surface area contributed by atoms with Crippen molar-refractivity contribution < 1.29 is 21.6 Å². The molecule has 3 unspecified atom stereocenters. The zero-order valence-corrected chi connectivity index (χ0v) is 18.7. The molecule has 1 aromatic carbocycles. The first-order valence-corrected chi connectivity index (χ1v) is 13.0. The van der Waals surface area contributed by atoms with Crippen LogP contribution in [0, 0.1) is 16.7 Å². The Morgan fingerprint density at radius 2 is 1.71 bits per heavy atom. The number of Topliss-reactive ketones (excluding diaryl/α,β-unsaturated/α-hetero) is 1. The third-order valence-corrected chi connectivity index (χ3v) is 10.5. The number of carbonyl (C=O) groups excluding carboxylic acids is 1. The molecule has 0 heterocycles. The normalized spacial score (nSPS) is 28.1. The van der Waals surface area contributed by atoms with Crippen LogP contribution in [0.5, 0.6) is 0 Å². The van der Waals surface area contributed by atoms with Crippen molar-refractivity contribution in [3.63, 3.8) is 0 Å². The summed E-state index contributed by atoms with van der Waals surface area (Å²) in [5.41, 5.74) is -0.402. The summed E-state index contributed by atoms with van der Waals surface area (Å²) < 4.78 is 51.0. The van der Waals surface area contributed by atoms with E-state index in [0.29, 0.717) is 18.4 Å². The third kappa shape index (κ3) is 3.23. The summed E-state index contributed by atoms with van der Waals surface area (Å²) in [6.07, 6.45) is 3.15. The Morgan fingerprint density at radius 1 is 1.14 bits per heavy atom. The molecule has 28 heavy (non-hydrogen) atoms. The predicted molar refractivity (Wildman–Crippen MR) is 108 cm³/mol. The van der Waals surface area contributed by atoms with E-state index in [0.717, 1.165) is 12.7 Å². The van der Waals surface area contributed by atoms with E-state index in [1.165, 1.54) is 23.5 Å². The molecule has 2 bridgehead atoms. The maximum atomic E-state index is 13.2. The van der Waals surface area contributed by atoms with Crippen LogP contribution in [0.3, 0.4) is 0 Å². The lowest BCUT2D eigenvalue weighted by Crippen LogP contribution is -2.46. The van der Waals surface area contributed by atoms with Crippen molar-refractivity contribution in [2.75, 3.05) is 19.1 Å². The van der Waals surface area contributed by atoms with Gasteiger partial charge in [0.25, 0.3) is 0 Å². The average Bonchev–Trinajstić information content (AvgIpc) is 2.93. The number of sulfone groups is 1. The van der Waals surface area contributed by atoms with E-state index in [9.17, 15) is 21.6 Å². The highest BCUT2D eigenvalue weighted by molar-refractivity contribution is 7.90. The minimum absolute atomic E-state index is 0.0795. The minimum atomic E-state index is -3.68. The summed E-state index contributed by atoms with van der Waals surface area (Å²) >= 11 is 0. The van der Waals surface area contributed by atoms with Crippen molar-refractivity contribution in [3.05, 3.63) is 29.8 Å². The van der Waals surface area contributed by atoms with Gasteiger partial charge in [0.15, 0.2) is 9.84 Å². The molecule has 0 spiro atoms. The van der Waals surface area contributed by atoms with Crippen LogP contribution in [0.4, 0.5) is 0 Å². The zero-order chi connectivity index (χ0) is 21.1. The summed E-state index contributed by atoms with van der Waals surface area (Å²) in [5, 5.41) is 0. The number of hydrogen-bond donors (Lipinski definition) is 0. The van der Waals surface area contributed by atoms with E-state index in [-0.39, 0.29) is 27.8 Å². The van der Waals surface area contributed by atoms with E-state index >= 15 is 0 Å². The van der Waals surface area contributed by atoms with E-state index in [1.54, 1.807) is 19.1 Å². The van der Waals surface area contributed by atoms with Crippen LogP contribution in [0.15, 0.2) is 29.2 Å². The quantitative estimate of drug-likeness (QED) is 0.696. The molecule has 2 aliphatic rings. The van der Waals surface area contributed by atoms with Crippen molar-refractivity contribution >= 4 is 25.6 Å². The molecule has 0 amide bonds. The number of sulfonamides is 1. The second-order valence-electron chi connectivity index (χ2n) is 8.96. The van der Waals surface area contributed by atoms with Crippen LogP contribution >= 0.6 is 0 Å². The Bertz CT molecular complexity index is 996. The molecule has 3 rings (SSSR count). The largest absolute Gasteiger partial charge is 0.299 e. The molecule has 0 radical (unpaired) electrons. The molecule has 8 heteroatoms. The molecule has 2 saturated carbocycles. The van der Waals surface area contributed by atoms with Gasteiger partial charge in [-0.1, -0.05) is 26.0 Å². The Balaban J connectivity index is 1.85. The summed E-state index contributed by atoms with van der Waals surface area (Å²) in [6, 6.07) is 5.80. The van der Waals surface area contributed by atoms with Crippen molar-refractivity contribution in [3.8, 4) is 0 Å². The molecule has 0 aliphatic heterocycles. The van der Waals surface area contributed by atoms with Gasteiger partial charge in [0.2, 0.25) is 10.0 Å². The SMILES string of the molecule is CC(c1ccc(S(C)(=O)=O)cc1)N(C)S(=O)(=O)CC12CCC(CC1=O)C2(C)C. The van der Waals surface area contributed by atoms with Crippen molar-refractivity contribution in [1.82, 2.24) is 4.31 Å². The first kappa shape index (κ1) is 21.5. The molecule has 3 atom stereocenters. The van der Waals surface area contributed by atoms with Crippen LogP contribution in [-0.4, -0.2) is 46.0 Å². The van der Waals surface area contributed by atoms with Crippen LogP contribution in [-0.2, 0) is 24.7 Å². The molecule has 0 saturated heterocycles. The number of ketones is 1. The average molecular weight is 428 g/mol. The highest BCUT2D eigenvalue weighted by Crippen LogP contribution is 2.64. The van der Waals surface area contributed by atoms with Gasteiger partial charge in [-0.15, -0.1) is 0 Å². The lowest BCUT2D eigenvalue weighted by molar-refractivity contribution is -0.128. The third-order valence-electron chi connectivity index (χ3n) is 7.34. The fourth-order valence-electron chi connectivity index (χ4n) is 4.97. The fourth-order valence-corrected chi connectivity index (χ4v) is 7.70. The monoisotopic (exact) mass is 427 g/mol. The van der Waals surface area contributed by atoms with Gasteiger partial charge in [-0.05, 0) is 48.8 Å². The van der Waals surface area contributed by atoms with E-state index in [4.69, 9.17) is 0 Å². The van der Waals surface area contributed by atoms with Crippen LogP contribution in [0.25, 0.3) is 0 Å². The summed E-state index contributed by atoms with van der Waals surface area (Å²) in [5.74, 6) is 0.183. The second kappa shape index (κ2) is 6.64. The number of rotatable bonds is 6. The van der Waals surface area contributed by atoms with Crippen LogP contribution in [0.1, 0.15) is 51.6 Å². The maximum absolute atomic E-state index is 13.2. The minimum Gasteiger partial charge on any atom is -0.299 e. The Hall–Kier alpha value is -1.25. The number of fused-ring (bicyclic) bond motifs is 2. The molecule has 0 N–H and O–H groups in total. The van der Waals surface area contributed by atoms with Gasteiger partial charge < -0.3 is 0 Å². The van der Waals surface area contributed by atoms with Gasteiger partial charge in [0.05, 0.1) is 10.6 Å². The Morgan fingerprint density at radius 3 is 2.14 bits per heavy atom. The highest BCUT2D eigenvalue weighted by atomic mass is 32.2. The zero-order valence-electron chi connectivity index (χ0n) is 17.1. The molecule has 6 nitrogen and oxygen atoms in total. The Kier molecular flexibility index (Phi) is 5.09. The van der Waals surface area contributed by atoms with E-state index in [1.807, 2.05) is 13.8 Å². The van der Waals surface area contributed by atoms with Gasteiger partial charge in [-0.25, -0.2) is 16.8 Å². The first-order chi connectivity index (χ1) is 12.7. The standard InChI is InChI=1S/C20H29NO5S2/c1-14(15-6-8-17(9-7-15)27(5,23)24)21(4)28(25,26)13-20-11-10-16(12-18(20)22)19(20,2)3/h6-9,14,16H,10-13H2,1-5H3. The van der Waals surface area contributed by atoms with Gasteiger partial charge in [0.1, 0.15) is 5.78 Å². The van der Waals surface area contributed by atoms with E-state index in [2.05, 4.69) is 0 Å². The number of nitrogens with zero attached hydrogens (tertiary/aromatic N) is 1. The summed E-state index contributed by atoms with van der Waals surface area (Å²) in [7, 11) is -5.46. The maximum Gasteiger partial charge on any atom is 0.215 e. The van der Waals surface area contributed by atoms with Crippen molar-refractivity contribution in [1.29, 1.82) is 0 Å². The fraction of sp³-hybridized carbons (Fsp3) is 0.650. The molecule has 2 fully saturated rings.